The second-order valence-corrected chi connectivity index (χ2v) is 5.70. The van der Waals surface area contributed by atoms with Gasteiger partial charge in [0.15, 0.2) is 4.67 Å². The number of alkyl halides is 1. The second-order valence-electron chi connectivity index (χ2n) is 4.07. The Kier molecular flexibility index (Phi) is 3.57. The third-order valence-electron chi connectivity index (χ3n) is 2.84. The highest BCUT2D eigenvalue weighted by Gasteiger charge is 2.17. The third kappa shape index (κ3) is 2.53. The lowest BCUT2D eigenvalue weighted by molar-refractivity contribution is 0.537. The summed E-state index contributed by atoms with van der Waals surface area (Å²) in [7, 11) is 0. The van der Waals surface area contributed by atoms with Gasteiger partial charge in [-0.1, -0.05) is 34.1 Å². The molecule has 1 atom stereocenters. The Labute approximate surface area is 127 Å². The molecule has 0 fully saturated rings. The second kappa shape index (κ2) is 5.35. The van der Waals surface area contributed by atoms with Gasteiger partial charge in [-0.3, -0.25) is 0 Å². The van der Waals surface area contributed by atoms with Gasteiger partial charge >= 0.3 is 0 Å². The van der Waals surface area contributed by atoms with Crippen molar-refractivity contribution in [2.75, 3.05) is 0 Å². The van der Waals surface area contributed by atoms with Crippen LogP contribution in [-0.4, -0.2) is 9.78 Å². The molecule has 0 bridgehead atoms. The largest absolute Gasteiger partial charge is 0.457 e. The monoisotopic (exact) mass is 380 g/mol. The van der Waals surface area contributed by atoms with Crippen molar-refractivity contribution in [2.24, 2.45) is 0 Å². The van der Waals surface area contributed by atoms with E-state index in [0.717, 1.165) is 21.5 Å². The lowest BCUT2D eigenvalue weighted by Gasteiger charge is -2.05. The van der Waals surface area contributed by atoms with E-state index in [1.165, 1.54) is 0 Å². The fourth-order valence-electron chi connectivity index (χ4n) is 1.85. The van der Waals surface area contributed by atoms with Crippen LogP contribution in [0, 0.1) is 0 Å². The lowest BCUT2D eigenvalue weighted by atomic mass is 10.1. The zero-order valence-electron chi connectivity index (χ0n) is 9.83. The van der Waals surface area contributed by atoms with E-state index in [0.29, 0.717) is 0 Å². The van der Waals surface area contributed by atoms with Gasteiger partial charge in [0, 0.05) is 17.3 Å². The van der Waals surface area contributed by atoms with E-state index in [1.807, 2.05) is 53.5 Å². The van der Waals surface area contributed by atoms with E-state index in [4.69, 9.17) is 4.42 Å². The van der Waals surface area contributed by atoms with Crippen LogP contribution in [0.3, 0.4) is 0 Å². The molecule has 19 heavy (non-hydrogen) atoms. The molecule has 0 radical (unpaired) electrons. The van der Waals surface area contributed by atoms with Gasteiger partial charge in [0.25, 0.3) is 0 Å². The lowest BCUT2D eigenvalue weighted by Crippen LogP contribution is -1.93. The van der Waals surface area contributed by atoms with Gasteiger partial charge in [0.1, 0.15) is 0 Å². The summed E-state index contributed by atoms with van der Waals surface area (Å²) in [5.74, 6) is 0. The summed E-state index contributed by atoms with van der Waals surface area (Å²) < 4.78 is 7.85. The van der Waals surface area contributed by atoms with Crippen molar-refractivity contribution in [1.29, 1.82) is 0 Å². The van der Waals surface area contributed by atoms with E-state index in [1.54, 1.807) is 6.26 Å². The first-order chi connectivity index (χ1) is 9.25. The molecule has 2 heterocycles. The molecule has 0 saturated heterocycles. The Morgan fingerprint density at radius 2 is 1.95 bits per heavy atom. The van der Waals surface area contributed by atoms with Crippen LogP contribution in [0.5, 0.6) is 0 Å². The number of rotatable bonds is 3. The van der Waals surface area contributed by atoms with Crippen molar-refractivity contribution >= 4 is 31.9 Å². The fraction of sp³-hybridized carbons (Fsp3) is 0.0714. The topological polar surface area (TPSA) is 31.0 Å². The average Bonchev–Trinajstić information content (AvgIpc) is 3.08. The molecule has 3 nitrogen and oxygen atoms in total. The minimum Gasteiger partial charge on any atom is -0.457 e. The molecule has 0 N–H and O–H groups in total. The Morgan fingerprint density at radius 1 is 1.16 bits per heavy atom. The number of para-hydroxylation sites is 1. The van der Waals surface area contributed by atoms with Gasteiger partial charge in [-0.25, -0.2) is 4.68 Å². The molecule has 96 valence electrons. The molecular formula is C14H10Br2N2O. The SMILES string of the molecule is Brc1occc1C(Br)c1cnn(-c2ccccc2)c1. The minimum absolute atomic E-state index is 0.0538. The van der Waals surface area contributed by atoms with Crippen molar-refractivity contribution in [3.05, 3.63) is 70.9 Å². The van der Waals surface area contributed by atoms with Crippen LogP contribution in [0.4, 0.5) is 0 Å². The number of benzene rings is 1. The summed E-state index contributed by atoms with van der Waals surface area (Å²) in [6.07, 6.45) is 5.52. The summed E-state index contributed by atoms with van der Waals surface area (Å²) in [6, 6.07) is 12.0. The van der Waals surface area contributed by atoms with Crippen molar-refractivity contribution < 1.29 is 4.42 Å². The molecule has 3 aromatic rings. The van der Waals surface area contributed by atoms with Gasteiger partial charge in [-0.15, -0.1) is 0 Å². The molecule has 0 amide bonds. The van der Waals surface area contributed by atoms with Crippen LogP contribution in [-0.2, 0) is 0 Å². The number of nitrogens with zero attached hydrogens (tertiary/aromatic N) is 2. The zero-order valence-corrected chi connectivity index (χ0v) is 13.0. The van der Waals surface area contributed by atoms with Crippen LogP contribution in [0.25, 0.3) is 5.69 Å². The van der Waals surface area contributed by atoms with Crippen LogP contribution < -0.4 is 0 Å². The van der Waals surface area contributed by atoms with Gasteiger partial charge in [-0.2, -0.15) is 5.10 Å². The summed E-state index contributed by atoms with van der Waals surface area (Å²) in [5, 5.41) is 4.39. The summed E-state index contributed by atoms with van der Waals surface area (Å²) in [6.45, 7) is 0. The van der Waals surface area contributed by atoms with Crippen LogP contribution in [0.2, 0.25) is 0 Å². The molecular weight excluding hydrogens is 372 g/mol. The first-order valence-electron chi connectivity index (χ1n) is 5.72. The molecule has 0 aliphatic heterocycles. The zero-order chi connectivity index (χ0) is 13.2. The first kappa shape index (κ1) is 12.7. The Balaban J connectivity index is 1.92. The van der Waals surface area contributed by atoms with E-state index in [2.05, 4.69) is 37.0 Å². The quantitative estimate of drug-likeness (QED) is 0.615. The van der Waals surface area contributed by atoms with Gasteiger partial charge < -0.3 is 4.42 Å². The predicted octanol–water partition coefficient (Wildman–Crippen LogP) is 4.71. The number of aromatic nitrogens is 2. The number of halogens is 2. The molecule has 0 spiro atoms. The molecule has 2 aromatic heterocycles. The highest BCUT2D eigenvalue weighted by molar-refractivity contribution is 9.10. The van der Waals surface area contributed by atoms with Crippen molar-refractivity contribution in [2.45, 2.75) is 4.83 Å². The van der Waals surface area contributed by atoms with Crippen LogP contribution in [0.1, 0.15) is 16.0 Å². The standard InChI is InChI=1S/C14H10Br2N2O/c15-13(12-6-7-19-14(12)16)10-8-17-18(9-10)11-4-2-1-3-5-11/h1-9,13H. The highest BCUT2D eigenvalue weighted by atomic mass is 79.9. The Bertz CT molecular complexity index is 676. The summed E-state index contributed by atoms with van der Waals surface area (Å²) in [5.41, 5.74) is 3.17. The molecule has 5 heteroatoms. The molecule has 3 rings (SSSR count). The number of hydrogen-bond donors (Lipinski definition) is 0. The Morgan fingerprint density at radius 3 is 2.63 bits per heavy atom. The van der Waals surface area contributed by atoms with E-state index < -0.39 is 0 Å². The van der Waals surface area contributed by atoms with Gasteiger partial charge in [0.05, 0.1) is 23.0 Å². The van der Waals surface area contributed by atoms with Crippen molar-refractivity contribution in [3.8, 4) is 5.69 Å². The molecule has 0 aliphatic rings. The molecule has 0 saturated carbocycles. The van der Waals surface area contributed by atoms with E-state index in [9.17, 15) is 0 Å². The van der Waals surface area contributed by atoms with Crippen molar-refractivity contribution in [3.63, 3.8) is 0 Å². The normalized spacial score (nSPS) is 12.5. The first-order valence-corrected chi connectivity index (χ1v) is 7.43. The fourth-order valence-corrected chi connectivity index (χ4v) is 3.23. The van der Waals surface area contributed by atoms with Gasteiger partial charge in [-0.05, 0) is 34.1 Å². The maximum absolute atomic E-state index is 5.26. The molecule has 0 aliphatic carbocycles. The molecule has 1 unspecified atom stereocenters. The third-order valence-corrected chi connectivity index (χ3v) is 4.50. The van der Waals surface area contributed by atoms with Crippen molar-refractivity contribution in [1.82, 2.24) is 9.78 Å². The van der Waals surface area contributed by atoms with E-state index in [-0.39, 0.29) is 4.83 Å². The number of furan rings is 1. The predicted molar refractivity (Wildman–Crippen MR) is 80.7 cm³/mol. The number of hydrogen-bond acceptors (Lipinski definition) is 2. The maximum atomic E-state index is 5.26. The summed E-state index contributed by atoms with van der Waals surface area (Å²) in [4.78, 5) is 0.0538. The van der Waals surface area contributed by atoms with Crippen LogP contribution >= 0.6 is 31.9 Å². The summed E-state index contributed by atoms with van der Waals surface area (Å²) >= 11 is 7.06. The maximum Gasteiger partial charge on any atom is 0.173 e. The average molecular weight is 382 g/mol. The molecule has 1 aromatic carbocycles. The smallest absolute Gasteiger partial charge is 0.173 e. The van der Waals surface area contributed by atoms with E-state index >= 15 is 0 Å². The highest BCUT2D eigenvalue weighted by Crippen LogP contribution is 2.35. The van der Waals surface area contributed by atoms with Crippen LogP contribution in [0.15, 0.2) is 64.1 Å². The van der Waals surface area contributed by atoms with Gasteiger partial charge in [0.2, 0.25) is 0 Å². The Hall–Kier alpha value is -1.33. The minimum atomic E-state index is 0.0538.